The van der Waals surface area contributed by atoms with Crippen molar-refractivity contribution >= 4 is 23.8 Å². The molecule has 0 saturated carbocycles. The highest BCUT2D eigenvalue weighted by Gasteiger charge is 2.21. The Labute approximate surface area is 137 Å². The van der Waals surface area contributed by atoms with E-state index in [-0.39, 0.29) is 23.8 Å². The number of nitro groups is 1. The lowest BCUT2D eigenvalue weighted by atomic mass is 10.3. The summed E-state index contributed by atoms with van der Waals surface area (Å²) in [7, 11) is 3.54. The van der Waals surface area contributed by atoms with E-state index in [1.807, 2.05) is 0 Å². The third kappa shape index (κ3) is 3.72. The second kappa shape index (κ2) is 7.31. The Kier molecular flexibility index (Phi) is 5.20. The van der Waals surface area contributed by atoms with Crippen molar-refractivity contribution in [3.8, 4) is 5.69 Å². The standard InChI is InChI=1S/C14H16N6O4/c1-4-24-14(21)12-13(15-9-18(2)3)19(17-16-12)10-5-7-11(8-6-10)20(22)23/h5-9H,4H2,1-3H3/b15-9+. The Morgan fingerprint density at radius 3 is 2.62 bits per heavy atom. The van der Waals surface area contributed by atoms with E-state index in [0.717, 1.165) is 0 Å². The molecule has 10 nitrogen and oxygen atoms in total. The molecule has 2 rings (SSSR count). The number of esters is 1. The van der Waals surface area contributed by atoms with Gasteiger partial charge in [0.25, 0.3) is 5.69 Å². The maximum atomic E-state index is 12.0. The number of carbonyl (C=O) groups is 1. The van der Waals surface area contributed by atoms with E-state index in [1.54, 1.807) is 25.9 Å². The highest BCUT2D eigenvalue weighted by atomic mass is 16.6. The average molecular weight is 332 g/mol. The molecule has 24 heavy (non-hydrogen) atoms. The van der Waals surface area contributed by atoms with Gasteiger partial charge in [-0.25, -0.2) is 9.79 Å². The second-order valence-corrected chi connectivity index (χ2v) is 4.88. The number of aromatic nitrogens is 3. The highest BCUT2D eigenvalue weighted by molar-refractivity contribution is 5.92. The smallest absolute Gasteiger partial charge is 0.362 e. The van der Waals surface area contributed by atoms with Crippen LogP contribution in [0.15, 0.2) is 29.3 Å². The number of ether oxygens (including phenoxy) is 1. The molecule has 0 N–H and O–H groups in total. The normalized spacial score (nSPS) is 10.8. The molecule has 0 unspecified atom stereocenters. The molecule has 126 valence electrons. The summed E-state index contributed by atoms with van der Waals surface area (Å²) in [5.41, 5.74) is 0.394. The zero-order valence-corrected chi connectivity index (χ0v) is 13.4. The van der Waals surface area contributed by atoms with E-state index in [4.69, 9.17) is 4.74 Å². The monoisotopic (exact) mass is 332 g/mol. The minimum atomic E-state index is -0.642. The lowest BCUT2D eigenvalue weighted by molar-refractivity contribution is -0.384. The first-order valence-electron chi connectivity index (χ1n) is 7.02. The Morgan fingerprint density at radius 1 is 1.42 bits per heavy atom. The molecule has 0 aliphatic heterocycles. The number of rotatable bonds is 6. The summed E-state index contributed by atoms with van der Waals surface area (Å²) in [6.45, 7) is 1.88. The van der Waals surface area contributed by atoms with Gasteiger partial charge in [-0.1, -0.05) is 5.21 Å². The summed E-state index contributed by atoms with van der Waals surface area (Å²) in [5.74, 6) is -0.465. The van der Waals surface area contributed by atoms with E-state index >= 15 is 0 Å². The average Bonchev–Trinajstić information content (AvgIpc) is 2.97. The molecular weight excluding hydrogens is 316 g/mol. The van der Waals surface area contributed by atoms with Crippen LogP contribution < -0.4 is 0 Å². The summed E-state index contributed by atoms with van der Waals surface area (Å²) in [4.78, 5) is 28.1. The molecule has 1 aromatic carbocycles. The molecule has 0 aliphatic carbocycles. The van der Waals surface area contributed by atoms with E-state index in [9.17, 15) is 14.9 Å². The van der Waals surface area contributed by atoms with Crippen molar-refractivity contribution in [3.63, 3.8) is 0 Å². The van der Waals surface area contributed by atoms with Crippen molar-refractivity contribution in [2.75, 3.05) is 20.7 Å². The van der Waals surface area contributed by atoms with Gasteiger partial charge in [0, 0.05) is 26.2 Å². The highest BCUT2D eigenvalue weighted by Crippen LogP contribution is 2.23. The molecule has 0 bridgehead atoms. The number of hydrogen-bond donors (Lipinski definition) is 0. The van der Waals surface area contributed by atoms with Gasteiger partial charge in [0.05, 0.1) is 23.6 Å². The van der Waals surface area contributed by atoms with Gasteiger partial charge in [0.2, 0.25) is 5.69 Å². The van der Waals surface area contributed by atoms with E-state index < -0.39 is 10.9 Å². The number of nitrogens with zero attached hydrogens (tertiary/aromatic N) is 6. The largest absolute Gasteiger partial charge is 0.461 e. The lowest BCUT2D eigenvalue weighted by Gasteiger charge is -2.06. The zero-order valence-electron chi connectivity index (χ0n) is 13.4. The van der Waals surface area contributed by atoms with Crippen LogP contribution in [0.4, 0.5) is 11.5 Å². The maximum absolute atomic E-state index is 12.0. The van der Waals surface area contributed by atoms with Crippen LogP contribution in [0.25, 0.3) is 5.69 Å². The minimum Gasteiger partial charge on any atom is -0.461 e. The summed E-state index contributed by atoms with van der Waals surface area (Å²) in [6, 6.07) is 5.66. The van der Waals surface area contributed by atoms with Crippen molar-refractivity contribution in [2.45, 2.75) is 6.92 Å². The molecular formula is C14H16N6O4. The minimum absolute atomic E-state index is 0.0340. The van der Waals surface area contributed by atoms with E-state index in [1.165, 1.54) is 35.3 Å². The van der Waals surface area contributed by atoms with Gasteiger partial charge < -0.3 is 9.64 Å². The maximum Gasteiger partial charge on any atom is 0.362 e. The van der Waals surface area contributed by atoms with E-state index in [2.05, 4.69) is 15.3 Å². The van der Waals surface area contributed by atoms with Crippen LogP contribution in [-0.2, 0) is 4.74 Å². The van der Waals surface area contributed by atoms with Gasteiger partial charge in [-0.2, -0.15) is 4.68 Å². The second-order valence-electron chi connectivity index (χ2n) is 4.88. The van der Waals surface area contributed by atoms with Crippen LogP contribution in [-0.4, -0.2) is 57.8 Å². The summed E-state index contributed by atoms with van der Waals surface area (Å²) in [6.07, 6.45) is 1.49. The van der Waals surface area contributed by atoms with E-state index in [0.29, 0.717) is 5.69 Å². The van der Waals surface area contributed by atoms with Gasteiger partial charge in [-0.15, -0.1) is 5.10 Å². The van der Waals surface area contributed by atoms with Crippen LogP contribution in [0.2, 0.25) is 0 Å². The number of aliphatic imine (C=N–C) groups is 1. The Morgan fingerprint density at radius 2 is 2.08 bits per heavy atom. The van der Waals surface area contributed by atoms with Gasteiger partial charge in [-0.3, -0.25) is 10.1 Å². The molecule has 1 heterocycles. The third-order valence-electron chi connectivity index (χ3n) is 2.83. The molecule has 0 amide bonds. The fourth-order valence-electron chi connectivity index (χ4n) is 1.78. The summed E-state index contributed by atoms with van der Waals surface area (Å²) in [5, 5.41) is 18.5. The molecule has 0 aliphatic rings. The van der Waals surface area contributed by atoms with Crippen LogP contribution in [0.5, 0.6) is 0 Å². The predicted octanol–water partition coefficient (Wildman–Crippen LogP) is 1.57. The quantitative estimate of drug-likeness (QED) is 0.259. The van der Waals surface area contributed by atoms with Gasteiger partial charge in [-0.05, 0) is 19.1 Å². The summed E-state index contributed by atoms with van der Waals surface area (Å²) >= 11 is 0. The molecule has 0 atom stereocenters. The van der Waals surface area contributed by atoms with Crippen molar-refractivity contribution in [1.82, 2.24) is 19.9 Å². The Balaban J connectivity index is 2.48. The number of benzene rings is 1. The SMILES string of the molecule is CCOC(=O)c1nnn(-c2ccc([N+](=O)[O-])cc2)c1/N=C/N(C)C. The molecule has 2 aromatic rings. The zero-order chi connectivity index (χ0) is 17.7. The fraction of sp³-hybridized carbons (Fsp3) is 0.286. The third-order valence-corrected chi connectivity index (χ3v) is 2.83. The Bertz CT molecular complexity index is 766. The van der Waals surface area contributed by atoms with Crippen molar-refractivity contribution in [2.24, 2.45) is 4.99 Å². The van der Waals surface area contributed by atoms with Crippen LogP contribution in [0.3, 0.4) is 0 Å². The van der Waals surface area contributed by atoms with Crippen LogP contribution in [0.1, 0.15) is 17.4 Å². The number of non-ortho nitro benzene ring substituents is 1. The van der Waals surface area contributed by atoms with Crippen molar-refractivity contribution in [3.05, 3.63) is 40.1 Å². The fourth-order valence-corrected chi connectivity index (χ4v) is 1.78. The molecule has 0 saturated heterocycles. The molecule has 10 heteroatoms. The lowest BCUT2D eigenvalue weighted by Crippen LogP contribution is -2.09. The predicted molar refractivity (Wildman–Crippen MR) is 85.8 cm³/mol. The number of hydrogen-bond acceptors (Lipinski definition) is 7. The van der Waals surface area contributed by atoms with Crippen molar-refractivity contribution in [1.29, 1.82) is 0 Å². The molecule has 0 radical (unpaired) electrons. The van der Waals surface area contributed by atoms with Crippen molar-refractivity contribution < 1.29 is 14.5 Å². The van der Waals surface area contributed by atoms with Gasteiger partial charge in [0.15, 0.2) is 5.82 Å². The van der Waals surface area contributed by atoms with Crippen LogP contribution >= 0.6 is 0 Å². The molecule has 1 aromatic heterocycles. The summed E-state index contributed by atoms with van der Waals surface area (Å²) < 4.78 is 6.26. The topological polar surface area (TPSA) is 116 Å². The molecule has 0 spiro atoms. The van der Waals surface area contributed by atoms with Gasteiger partial charge in [0.1, 0.15) is 0 Å². The first-order chi connectivity index (χ1) is 11.4. The first-order valence-corrected chi connectivity index (χ1v) is 7.02. The first kappa shape index (κ1) is 17.1. The molecule has 0 fully saturated rings. The number of nitro benzene ring substituents is 1. The van der Waals surface area contributed by atoms with Crippen LogP contribution in [0, 0.1) is 10.1 Å². The Hall–Kier alpha value is -3.30. The number of carbonyl (C=O) groups excluding carboxylic acids is 1. The van der Waals surface area contributed by atoms with Gasteiger partial charge >= 0.3 is 5.97 Å².